The zero-order valence-electron chi connectivity index (χ0n) is 29.5. The summed E-state index contributed by atoms with van der Waals surface area (Å²) in [4.78, 5) is 59.0. The minimum absolute atomic E-state index is 0.0321. The highest BCUT2D eigenvalue weighted by Gasteiger charge is 2.24. The maximum atomic E-state index is 14.0. The lowest BCUT2D eigenvalue weighted by atomic mass is 9.79. The van der Waals surface area contributed by atoms with Crippen molar-refractivity contribution in [1.29, 1.82) is 0 Å². The van der Waals surface area contributed by atoms with Gasteiger partial charge in [0.05, 0.1) is 17.4 Å². The quantitative estimate of drug-likeness (QED) is 0.0456. The van der Waals surface area contributed by atoms with Crippen molar-refractivity contribution >= 4 is 42.1 Å². The highest BCUT2D eigenvalue weighted by molar-refractivity contribution is 6.58. The molecule has 0 saturated heterocycles. The smallest absolute Gasteiger partial charge is 0.481 e. The van der Waals surface area contributed by atoms with Crippen molar-refractivity contribution < 1.29 is 53.0 Å². The molecule has 14 heteroatoms. The third-order valence-electron chi connectivity index (χ3n) is 8.90. The Labute approximate surface area is 295 Å². The van der Waals surface area contributed by atoms with Gasteiger partial charge in [-0.2, -0.15) is 0 Å². The Morgan fingerprint density at radius 1 is 0.660 bits per heavy atom. The molecule has 0 saturated carbocycles. The van der Waals surface area contributed by atoms with E-state index in [0.29, 0.717) is 45.2 Å². The fourth-order valence-corrected chi connectivity index (χ4v) is 5.64. The second-order valence-corrected chi connectivity index (χ2v) is 13.2. The van der Waals surface area contributed by atoms with Crippen LogP contribution in [0.3, 0.4) is 0 Å². The maximum absolute atomic E-state index is 14.0. The van der Waals surface area contributed by atoms with Gasteiger partial charge in [0, 0.05) is 37.8 Å². The van der Waals surface area contributed by atoms with Crippen molar-refractivity contribution in [3.05, 3.63) is 29.3 Å². The molecule has 0 aromatic heterocycles. The van der Waals surface area contributed by atoms with Crippen molar-refractivity contribution in [2.24, 2.45) is 11.8 Å². The Balaban J connectivity index is 1.99. The molecule has 11 nitrogen and oxygen atoms in total. The Bertz CT molecular complexity index is 1200. The molecule has 0 aliphatic heterocycles. The van der Waals surface area contributed by atoms with Gasteiger partial charge in [0.1, 0.15) is 5.78 Å². The van der Waals surface area contributed by atoms with Gasteiger partial charge in [-0.25, -0.2) is 8.78 Å². The SMILES string of the molecule is C[C@@H](CCCCNC(=O)CC[C@H](CC(=O)CCCCCCCCCCCCCCCNC(=O)c1ccc(B(O)O)c(F)c1F)C(=O)O)C(=O)O. The number of ketones is 1. The normalized spacial score (nSPS) is 12.3. The number of unbranched alkanes of at least 4 members (excludes halogenated alkanes) is 13. The van der Waals surface area contributed by atoms with Crippen LogP contribution in [0.25, 0.3) is 0 Å². The molecule has 6 N–H and O–H groups in total. The highest BCUT2D eigenvalue weighted by atomic mass is 19.2. The van der Waals surface area contributed by atoms with Gasteiger partial charge >= 0.3 is 19.1 Å². The molecule has 0 spiro atoms. The van der Waals surface area contributed by atoms with Crippen molar-refractivity contribution in [3.63, 3.8) is 0 Å². The number of Topliss-reactive ketones (excluding diaryl/α,β-unsaturated/α-hetero) is 1. The summed E-state index contributed by atoms with van der Waals surface area (Å²) in [7, 11) is -2.16. The van der Waals surface area contributed by atoms with Gasteiger partial charge in [0.2, 0.25) is 5.91 Å². The van der Waals surface area contributed by atoms with Crippen LogP contribution in [0.5, 0.6) is 0 Å². The second-order valence-electron chi connectivity index (χ2n) is 13.2. The van der Waals surface area contributed by atoms with E-state index >= 15 is 0 Å². The third kappa shape index (κ3) is 19.7. The first-order chi connectivity index (χ1) is 23.8. The Morgan fingerprint density at radius 2 is 1.18 bits per heavy atom. The summed E-state index contributed by atoms with van der Waals surface area (Å²) in [6, 6.07) is 2.00. The Hall–Kier alpha value is -3.39. The zero-order chi connectivity index (χ0) is 37.3. The van der Waals surface area contributed by atoms with Gasteiger partial charge in [-0.3, -0.25) is 24.0 Å². The van der Waals surface area contributed by atoms with E-state index in [1.54, 1.807) is 6.92 Å². The summed E-state index contributed by atoms with van der Waals surface area (Å²) in [5.74, 6) is -7.16. The van der Waals surface area contributed by atoms with Gasteiger partial charge in [-0.05, 0) is 38.2 Å². The molecule has 0 aliphatic rings. The number of amides is 2. The second kappa shape index (κ2) is 26.4. The largest absolute Gasteiger partial charge is 0.491 e. The van der Waals surface area contributed by atoms with Crippen molar-refractivity contribution in [2.45, 2.75) is 135 Å². The number of aliphatic carboxylic acids is 2. The summed E-state index contributed by atoms with van der Waals surface area (Å²) in [5.41, 5.74) is -1.10. The number of nitrogens with one attached hydrogen (secondary N) is 2. The molecule has 0 radical (unpaired) electrons. The van der Waals surface area contributed by atoms with E-state index < -0.39 is 59.5 Å². The van der Waals surface area contributed by atoms with E-state index in [0.717, 1.165) is 89.2 Å². The molecule has 1 aromatic rings. The number of carboxylic acids is 2. The van der Waals surface area contributed by atoms with E-state index in [4.69, 9.17) is 15.2 Å². The Kier molecular flexibility index (Phi) is 23.6. The van der Waals surface area contributed by atoms with Crippen LogP contribution < -0.4 is 16.1 Å². The van der Waals surface area contributed by atoms with Crippen molar-refractivity contribution in [3.8, 4) is 0 Å². The van der Waals surface area contributed by atoms with Gasteiger partial charge in [-0.1, -0.05) is 90.0 Å². The van der Waals surface area contributed by atoms with Crippen LogP contribution in [0, 0.1) is 23.5 Å². The first-order valence-corrected chi connectivity index (χ1v) is 18.2. The number of halogens is 2. The topological polar surface area (TPSA) is 190 Å². The summed E-state index contributed by atoms with van der Waals surface area (Å²) >= 11 is 0. The van der Waals surface area contributed by atoms with Gasteiger partial charge in [0.15, 0.2) is 11.6 Å². The lowest BCUT2D eigenvalue weighted by Crippen LogP contribution is -2.35. The van der Waals surface area contributed by atoms with E-state index in [1.165, 1.54) is 0 Å². The summed E-state index contributed by atoms with van der Waals surface area (Å²) in [6.07, 6.45) is 15.5. The van der Waals surface area contributed by atoms with Crippen LogP contribution in [-0.4, -0.2) is 70.0 Å². The molecule has 0 fully saturated rings. The Morgan fingerprint density at radius 3 is 1.72 bits per heavy atom. The van der Waals surface area contributed by atoms with Crippen LogP contribution in [0.2, 0.25) is 0 Å². The summed E-state index contributed by atoms with van der Waals surface area (Å²) < 4.78 is 27.9. The molecule has 50 heavy (non-hydrogen) atoms. The monoisotopic (exact) mass is 710 g/mol. The minimum atomic E-state index is -2.16. The van der Waals surface area contributed by atoms with Crippen molar-refractivity contribution in [1.82, 2.24) is 10.6 Å². The van der Waals surface area contributed by atoms with Crippen LogP contribution in [0.1, 0.15) is 146 Å². The van der Waals surface area contributed by atoms with Gasteiger partial charge < -0.3 is 30.9 Å². The van der Waals surface area contributed by atoms with Crippen LogP contribution in [0.4, 0.5) is 8.78 Å². The van der Waals surface area contributed by atoms with Crippen LogP contribution >= 0.6 is 0 Å². The molecule has 0 bridgehead atoms. The molecule has 1 aromatic carbocycles. The lowest BCUT2D eigenvalue weighted by Gasteiger charge is -2.12. The number of rotatable bonds is 30. The predicted molar refractivity (Wildman–Crippen MR) is 187 cm³/mol. The standard InChI is InChI=1S/C36H57BF2N2O9/c1-26(35(45)46)17-14-16-23-40-31(43)22-19-27(36(47)48)25-28(42)18-13-11-9-7-5-3-2-4-6-8-10-12-15-24-41-34(44)29-20-21-30(37(49)50)33(39)32(29)38/h20-21,26-27,49-50H,2-19,22-25H2,1H3,(H,40,43)(H,41,44)(H,45,46)(H,47,48)/t26-,27+/m0/s1. The van der Waals surface area contributed by atoms with E-state index in [-0.39, 0.29) is 31.0 Å². The molecule has 0 unspecified atom stereocenters. The van der Waals surface area contributed by atoms with Gasteiger partial charge in [0.25, 0.3) is 5.91 Å². The number of hydrogen-bond acceptors (Lipinski definition) is 7. The first kappa shape index (κ1) is 44.6. The van der Waals surface area contributed by atoms with E-state index in [2.05, 4.69) is 10.6 Å². The average molecular weight is 711 g/mol. The average Bonchev–Trinajstić information content (AvgIpc) is 3.06. The van der Waals surface area contributed by atoms with E-state index in [1.807, 2.05) is 0 Å². The lowest BCUT2D eigenvalue weighted by molar-refractivity contribution is -0.144. The maximum Gasteiger partial charge on any atom is 0.491 e. The number of carbonyl (C=O) groups is 5. The molecule has 282 valence electrons. The number of carboxylic acid groups (broad SMARTS) is 2. The third-order valence-corrected chi connectivity index (χ3v) is 8.90. The van der Waals surface area contributed by atoms with Crippen molar-refractivity contribution in [2.75, 3.05) is 13.1 Å². The molecule has 0 aliphatic carbocycles. The first-order valence-electron chi connectivity index (χ1n) is 18.2. The highest BCUT2D eigenvalue weighted by Crippen LogP contribution is 2.17. The molecular formula is C36H57BF2N2O9. The predicted octanol–water partition coefficient (Wildman–Crippen LogP) is 5.28. The fraction of sp³-hybridized carbons (Fsp3) is 0.694. The minimum Gasteiger partial charge on any atom is -0.481 e. The number of carbonyl (C=O) groups excluding carboxylic acids is 3. The zero-order valence-corrected chi connectivity index (χ0v) is 29.5. The van der Waals surface area contributed by atoms with Crippen LogP contribution in [-0.2, 0) is 19.2 Å². The number of benzene rings is 1. The van der Waals surface area contributed by atoms with E-state index in [9.17, 15) is 37.9 Å². The number of hydrogen-bond donors (Lipinski definition) is 6. The molecule has 1 rings (SSSR count). The summed E-state index contributed by atoms with van der Waals surface area (Å²) in [5, 5.41) is 41.7. The molecule has 2 atom stereocenters. The molecule has 0 heterocycles. The summed E-state index contributed by atoms with van der Waals surface area (Å²) in [6.45, 7) is 2.38. The fourth-order valence-electron chi connectivity index (χ4n) is 5.64. The molecular weight excluding hydrogens is 653 g/mol. The van der Waals surface area contributed by atoms with Gasteiger partial charge in [-0.15, -0.1) is 0 Å². The van der Waals surface area contributed by atoms with Crippen LogP contribution in [0.15, 0.2) is 12.1 Å². The molecule has 2 amide bonds.